The number of nitrogens with one attached hydrogen (secondary N) is 1. The van der Waals surface area contributed by atoms with E-state index in [2.05, 4.69) is 10.4 Å². The third-order valence-corrected chi connectivity index (χ3v) is 3.05. The highest BCUT2D eigenvalue weighted by molar-refractivity contribution is 5.92. The molecule has 0 aromatic carbocycles. The molecule has 1 rings (SSSR count). The number of carbonyl (C=O) groups is 1. The quantitative estimate of drug-likeness (QED) is 0.774. The first-order valence-electron chi connectivity index (χ1n) is 6.87. The van der Waals surface area contributed by atoms with Gasteiger partial charge in [0, 0.05) is 25.8 Å². The molecule has 1 heterocycles. The minimum atomic E-state index is -0.305. The van der Waals surface area contributed by atoms with Crippen LogP contribution in [0.2, 0.25) is 0 Å². The normalized spacial score (nSPS) is 11.4. The third-order valence-electron chi connectivity index (χ3n) is 3.05. The maximum absolute atomic E-state index is 12.0. The fraction of sp³-hybridized carbons (Fsp3) is 0.643. The van der Waals surface area contributed by atoms with Crippen molar-refractivity contribution in [3.05, 3.63) is 28.2 Å². The monoisotopic (exact) mass is 281 g/mol. The Balaban J connectivity index is 2.73. The molecular weight excluding hydrogens is 258 g/mol. The third kappa shape index (κ3) is 4.77. The summed E-state index contributed by atoms with van der Waals surface area (Å²) in [4.78, 5) is 23.5. The molecule has 0 aliphatic heterocycles. The van der Waals surface area contributed by atoms with Crippen LogP contribution in [0.1, 0.15) is 44.1 Å². The first-order valence-corrected chi connectivity index (χ1v) is 6.87. The lowest BCUT2D eigenvalue weighted by molar-refractivity contribution is 0.0920. The minimum Gasteiger partial charge on any atom is -0.396 e. The number of amides is 1. The number of hydrogen-bond acceptors (Lipinski definition) is 4. The molecule has 0 unspecified atom stereocenters. The van der Waals surface area contributed by atoms with Crippen LogP contribution in [0.25, 0.3) is 0 Å². The van der Waals surface area contributed by atoms with Crippen LogP contribution in [-0.2, 0) is 6.54 Å². The van der Waals surface area contributed by atoms with Crippen molar-refractivity contribution in [1.82, 2.24) is 15.1 Å². The summed E-state index contributed by atoms with van der Waals surface area (Å²) in [7, 11) is 0. The molecule has 1 aromatic heterocycles. The SMILES string of the molecule is CCCn1nc(C(=O)NCC(C)(C)CCO)ccc1=O. The van der Waals surface area contributed by atoms with Crippen molar-refractivity contribution in [2.75, 3.05) is 13.2 Å². The van der Waals surface area contributed by atoms with Gasteiger partial charge in [-0.3, -0.25) is 9.59 Å². The van der Waals surface area contributed by atoms with Gasteiger partial charge in [0.05, 0.1) is 0 Å². The van der Waals surface area contributed by atoms with Gasteiger partial charge in [-0.25, -0.2) is 4.68 Å². The predicted octanol–water partition coefficient (Wildman–Crippen LogP) is 0.792. The van der Waals surface area contributed by atoms with Gasteiger partial charge in [0.2, 0.25) is 0 Å². The number of hydrogen-bond donors (Lipinski definition) is 2. The Labute approximate surface area is 118 Å². The van der Waals surface area contributed by atoms with Gasteiger partial charge in [0.25, 0.3) is 11.5 Å². The summed E-state index contributed by atoms with van der Waals surface area (Å²) in [6.45, 7) is 6.90. The highest BCUT2D eigenvalue weighted by Crippen LogP contribution is 2.17. The van der Waals surface area contributed by atoms with Crippen LogP contribution < -0.4 is 10.9 Å². The van der Waals surface area contributed by atoms with E-state index < -0.39 is 0 Å². The van der Waals surface area contributed by atoms with Crippen LogP contribution in [0.3, 0.4) is 0 Å². The molecule has 0 saturated heterocycles. The number of nitrogens with zero attached hydrogens (tertiary/aromatic N) is 2. The average molecular weight is 281 g/mol. The van der Waals surface area contributed by atoms with E-state index in [-0.39, 0.29) is 29.2 Å². The van der Waals surface area contributed by atoms with E-state index >= 15 is 0 Å². The van der Waals surface area contributed by atoms with Crippen molar-refractivity contribution >= 4 is 5.91 Å². The Bertz CT molecular complexity index is 509. The molecule has 2 N–H and O–H groups in total. The molecule has 6 nitrogen and oxygen atoms in total. The van der Waals surface area contributed by atoms with E-state index in [1.807, 2.05) is 20.8 Å². The summed E-state index contributed by atoms with van der Waals surface area (Å²) in [5, 5.41) is 15.8. The number of carbonyl (C=O) groups excluding carboxylic acids is 1. The fourth-order valence-corrected chi connectivity index (χ4v) is 1.74. The molecule has 0 bridgehead atoms. The van der Waals surface area contributed by atoms with Crippen molar-refractivity contribution in [1.29, 1.82) is 0 Å². The lowest BCUT2D eigenvalue weighted by atomic mass is 9.90. The first kappa shape index (κ1) is 16.4. The summed E-state index contributed by atoms with van der Waals surface area (Å²) < 4.78 is 1.30. The van der Waals surface area contributed by atoms with E-state index in [1.165, 1.54) is 16.8 Å². The average Bonchev–Trinajstić information content (AvgIpc) is 2.39. The molecule has 0 aliphatic carbocycles. The van der Waals surface area contributed by atoms with Crippen LogP contribution in [0, 0.1) is 5.41 Å². The summed E-state index contributed by atoms with van der Waals surface area (Å²) in [6, 6.07) is 2.79. The van der Waals surface area contributed by atoms with Gasteiger partial charge >= 0.3 is 0 Å². The largest absolute Gasteiger partial charge is 0.396 e. The summed E-state index contributed by atoms with van der Waals surface area (Å²) in [5.41, 5.74) is -0.149. The molecule has 0 spiro atoms. The van der Waals surface area contributed by atoms with Crippen molar-refractivity contribution in [2.45, 2.75) is 40.2 Å². The van der Waals surface area contributed by atoms with Crippen LogP contribution in [0.15, 0.2) is 16.9 Å². The molecule has 0 saturated carbocycles. The molecule has 0 radical (unpaired) electrons. The molecule has 112 valence electrons. The second kappa shape index (κ2) is 7.19. The van der Waals surface area contributed by atoms with Crippen molar-refractivity contribution in [3.8, 4) is 0 Å². The van der Waals surface area contributed by atoms with Crippen LogP contribution >= 0.6 is 0 Å². The zero-order valence-corrected chi connectivity index (χ0v) is 12.3. The molecular formula is C14H23N3O3. The second-order valence-electron chi connectivity index (χ2n) is 5.60. The number of aromatic nitrogens is 2. The fourth-order valence-electron chi connectivity index (χ4n) is 1.74. The Kier molecular flexibility index (Phi) is 5.88. The van der Waals surface area contributed by atoms with Gasteiger partial charge < -0.3 is 10.4 Å². The van der Waals surface area contributed by atoms with Crippen LogP contribution in [-0.4, -0.2) is 33.9 Å². The van der Waals surface area contributed by atoms with Gasteiger partial charge in [-0.05, 0) is 24.3 Å². The van der Waals surface area contributed by atoms with E-state index in [1.54, 1.807) is 0 Å². The first-order chi connectivity index (χ1) is 9.39. The van der Waals surface area contributed by atoms with Gasteiger partial charge in [-0.15, -0.1) is 0 Å². The zero-order valence-electron chi connectivity index (χ0n) is 12.3. The highest BCUT2D eigenvalue weighted by Gasteiger charge is 2.19. The molecule has 20 heavy (non-hydrogen) atoms. The van der Waals surface area contributed by atoms with Gasteiger partial charge in [0.15, 0.2) is 0 Å². The number of aliphatic hydroxyl groups is 1. The zero-order chi connectivity index (χ0) is 15.2. The highest BCUT2D eigenvalue weighted by atomic mass is 16.3. The van der Waals surface area contributed by atoms with Gasteiger partial charge in [-0.1, -0.05) is 20.8 Å². The van der Waals surface area contributed by atoms with Crippen molar-refractivity contribution < 1.29 is 9.90 Å². The smallest absolute Gasteiger partial charge is 0.271 e. The molecule has 6 heteroatoms. The lowest BCUT2D eigenvalue weighted by Crippen LogP contribution is -2.36. The minimum absolute atomic E-state index is 0.0858. The Hall–Kier alpha value is -1.69. The topological polar surface area (TPSA) is 84.2 Å². The Morgan fingerprint density at radius 1 is 1.45 bits per heavy atom. The van der Waals surface area contributed by atoms with Gasteiger partial charge in [0.1, 0.15) is 5.69 Å². The molecule has 0 aliphatic rings. The number of aliphatic hydroxyl groups excluding tert-OH is 1. The van der Waals surface area contributed by atoms with Gasteiger partial charge in [-0.2, -0.15) is 5.10 Å². The molecule has 1 amide bonds. The Morgan fingerprint density at radius 2 is 2.15 bits per heavy atom. The van der Waals surface area contributed by atoms with Crippen molar-refractivity contribution in [2.24, 2.45) is 5.41 Å². The van der Waals surface area contributed by atoms with E-state index in [9.17, 15) is 9.59 Å². The molecule has 0 atom stereocenters. The standard InChI is InChI=1S/C14H23N3O3/c1-4-8-17-12(19)6-5-11(16-17)13(20)15-10-14(2,3)7-9-18/h5-6,18H,4,7-10H2,1-3H3,(H,15,20). The maximum atomic E-state index is 12.0. The van der Waals surface area contributed by atoms with E-state index in [0.29, 0.717) is 19.5 Å². The summed E-state index contributed by atoms with van der Waals surface area (Å²) in [6.07, 6.45) is 1.39. The predicted molar refractivity (Wildman–Crippen MR) is 76.6 cm³/mol. The summed E-state index contributed by atoms with van der Waals surface area (Å²) >= 11 is 0. The van der Waals surface area contributed by atoms with Crippen LogP contribution in [0.4, 0.5) is 0 Å². The lowest BCUT2D eigenvalue weighted by Gasteiger charge is -2.23. The maximum Gasteiger partial charge on any atom is 0.271 e. The number of rotatable bonds is 7. The molecule has 0 fully saturated rings. The second-order valence-corrected chi connectivity index (χ2v) is 5.60. The number of aryl methyl sites for hydroxylation is 1. The van der Waals surface area contributed by atoms with Crippen LogP contribution in [0.5, 0.6) is 0 Å². The summed E-state index contributed by atoms with van der Waals surface area (Å²) in [5.74, 6) is -0.305. The Morgan fingerprint density at radius 3 is 2.75 bits per heavy atom. The van der Waals surface area contributed by atoms with Crippen molar-refractivity contribution in [3.63, 3.8) is 0 Å². The molecule has 1 aromatic rings. The van der Waals surface area contributed by atoms with E-state index in [4.69, 9.17) is 5.11 Å². The van der Waals surface area contributed by atoms with E-state index in [0.717, 1.165) is 6.42 Å².